The van der Waals surface area contributed by atoms with Crippen molar-refractivity contribution in [1.29, 1.82) is 0 Å². The maximum atomic E-state index is 12.0. The molecule has 116 valence electrons. The van der Waals surface area contributed by atoms with E-state index in [-0.39, 0.29) is 17.4 Å². The predicted octanol–water partition coefficient (Wildman–Crippen LogP) is 0.472. The summed E-state index contributed by atoms with van der Waals surface area (Å²) in [5, 5.41) is 3.29. The second-order valence-corrected chi connectivity index (χ2v) is 7.87. The second kappa shape index (κ2) is 5.51. The summed E-state index contributed by atoms with van der Waals surface area (Å²) in [6.07, 6.45) is 6.49. The zero-order valence-electron chi connectivity index (χ0n) is 12.0. The van der Waals surface area contributed by atoms with Gasteiger partial charge >= 0.3 is 0 Å². The summed E-state index contributed by atoms with van der Waals surface area (Å²) in [4.78, 5) is 8.21. The van der Waals surface area contributed by atoms with E-state index in [4.69, 9.17) is 4.74 Å². The lowest BCUT2D eigenvalue weighted by Crippen LogP contribution is -2.37. The van der Waals surface area contributed by atoms with Gasteiger partial charge in [0.1, 0.15) is 5.82 Å². The molecule has 3 heterocycles. The summed E-state index contributed by atoms with van der Waals surface area (Å²) < 4.78 is 31.4. The summed E-state index contributed by atoms with van der Waals surface area (Å²) in [5.74, 6) is 0.865. The van der Waals surface area contributed by atoms with E-state index in [0.29, 0.717) is 19.7 Å². The molecule has 0 radical (unpaired) electrons. The van der Waals surface area contributed by atoms with E-state index in [2.05, 4.69) is 15.3 Å². The van der Waals surface area contributed by atoms with Crippen molar-refractivity contribution in [1.82, 2.24) is 14.3 Å². The molecular weight excluding hydrogens is 292 g/mol. The van der Waals surface area contributed by atoms with Gasteiger partial charge in [-0.1, -0.05) is 0 Å². The first-order valence-corrected chi connectivity index (χ1v) is 8.78. The van der Waals surface area contributed by atoms with Crippen molar-refractivity contribution in [3.05, 3.63) is 18.6 Å². The summed E-state index contributed by atoms with van der Waals surface area (Å²) >= 11 is 0. The topological polar surface area (TPSA) is 84.4 Å². The third kappa shape index (κ3) is 3.02. The van der Waals surface area contributed by atoms with Crippen LogP contribution in [0.3, 0.4) is 0 Å². The number of sulfonamides is 1. The van der Waals surface area contributed by atoms with Crippen molar-refractivity contribution in [2.45, 2.75) is 31.4 Å². The third-order valence-electron chi connectivity index (χ3n) is 4.16. The molecule has 7 nitrogen and oxygen atoms in total. The van der Waals surface area contributed by atoms with Gasteiger partial charge in [-0.25, -0.2) is 13.4 Å². The minimum Gasteiger partial charge on any atom is -0.371 e. The molecule has 2 fully saturated rings. The van der Waals surface area contributed by atoms with Gasteiger partial charge in [-0.15, -0.1) is 0 Å². The molecule has 1 N–H and O–H groups in total. The Labute approximate surface area is 124 Å². The fraction of sp³-hybridized carbons (Fsp3) is 0.692. The molecule has 3 rings (SSSR count). The Kier molecular flexibility index (Phi) is 3.85. The van der Waals surface area contributed by atoms with Gasteiger partial charge in [0.15, 0.2) is 0 Å². The monoisotopic (exact) mass is 312 g/mol. The van der Waals surface area contributed by atoms with Gasteiger partial charge in [0.2, 0.25) is 10.0 Å². The molecular formula is C13H20N4O3S. The van der Waals surface area contributed by atoms with E-state index in [0.717, 1.165) is 18.7 Å². The van der Waals surface area contributed by atoms with Crippen LogP contribution in [0.4, 0.5) is 5.82 Å². The van der Waals surface area contributed by atoms with E-state index in [1.807, 2.05) is 0 Å². The zero-order chi connectivity index (χ0) is 14.9. The number of nitrogens with one attached hydrogen (secondary N) is 1. The van der Waals surface area contributed by atoms with Crippen LogP contribution in [0.2, 0.25) is 0 Å². The van der Waals surface area contributed by atoms with Gasteiger partial charge in [0.25, 0.3) is 0 Å². The first-order valence-electron chi connectivity index (χ1n) is 7.17. The largest absolute Gasteiger partial charge is 0.371 e. The SMILES string of the molecule is CCS(=O)(=O)N1CC[C@@]2(C[C@@H](Nc3cnccn3)CO2)C1. The highest BCUT2D eigenvalue weighted by molar-refractivity contribution is 7.89. The van der Waals surface area contributed by atoms with Crippen molar-refractivity contribution in [2.75, 3.05) is 30.8 Å². The summed E-state index contributed by atoms with van der Waals surface area (Å²) in [6, 6.07) is 0.144. The average molecular weight is 312 g/mol. The lowest BCUT2D eigenvalue weighted by Gasteiger charge is -2.23. The van der Waals surface area contributed by atoms with Gasteiger partial charge in [-0.2, -0.15) is 4.31 Å². The van der Waals surface area contributed by atoms with Crippen molar-refractivity contribution < 1.29 is 13.2 Å². The number of hydrogen-bond acceptors (Lipinski definition) is 6. The molecule has 0 amide bonds. The van der Waals surface area contributed by atoms with E-state index >= 15 is 0 Å². The number of nitrogens with zero attached hydrogens (tertiary/aromatic N) is 3. The van der Waals surface area contributed by atoms with Crippen LogP contribution < -0.4 is 5.32 Å². The molecule has 21 heavy (non-hydrogen) atoms. The predicted molar refractivity (Wildman–Crippen MR) is 78.4 cm³/mol. The first-order chi connectivity index (χ1) is 10.0. The standard InChI is InChI=1S/C13H20N4O3S/c1-2-21(18,19)17-6-3-13(10-17)7-11(9-20-13)16-12-8-14-4-5-15-12/h4-5,8,11H,2-3,6-7,9-10H2,1H3,(H,15,16)/t11-,13-/m1/s1. The molecule has 0 aromatic carbocycles. The Morgan fingerprint density at radius 1 is 1.52 bits per heavy atom. The lowest BCUT2D eigenvalue weighted by atomic mass is 9.97. The average Bonchev–Trinajstić information content (AvgIpc) is 3.08. The molecule has 2 aliphatic heterocycles. The molecule has 1 spiro atoms. The first kappa shape index (κ1) is 14.7. The fourth-order valence-electron chi connectivity index (χ4n) is 3.03. The van der Waals surface area contributed by atoms with E-state index in [1.54, 1.807) is 29.8 Å². The molecule has 0 aliphatic carbocycles. The molecule has 2 aliphatic rings. The zero-order valence-corrected chi connectivity index (χ0v) is 12.8. The molecule has 0 bridgehead atoms. The minimum absolute atomic E-state index is 0.143. The van der Waals surface area contributed by atoms with Gasteiger partial charge in [-0.05, 0) is 13.3 Å². The maximum Gasteiger partial charge on any atom is 0.213 e. The number of hydrogen-bond donors (Lipinski definition) is 1. The quantitative estimate of drug-likeness (QED) is 0.870. The Balaban J connectivity index is 1.62. The van der Waals surface area contributed by atoms with Crippen LogP contribution in [-0.4, -0.2) is 59.8 Å². The number of ether oxygens (including phenoxy) is 1. The molecule has 1 aromatic rings. The van der Waals surface area contributed by atoms with Crippen molar-refractivity contribution in [3.63, 3.8) is 0 Å². The van der Waals surface area contributed by atoms with Crippen LogP contribution in [-0.2, 0) is 14.8 Å². The van der Waals surface area contributed by atoms with Crippen molar-refractivity contribution >= 4 is 15.8 Å². The van der Waals surface area contributed by atoms with Crippen LogP contribution >= 0.6 is 0 Å². The molecule has 2 atom stereocenters. The molecule has 2 saturated heterocycles. The highest BCUT2D eigenvalue weighted by atomic mass is 32.2. The van der Waals surface area contributed by atoms with Crippen molar-refractivity contribution in [3.8, 4) is 0 Å². The van der Waals surface area contributed by atoms with Gasteiger partial charge in [0.05, 0.1) is 30.2 Å². The van der Waals surface area contributed by atoms with E-state index in [9.17, 15) is 8.42 Å². The van der Waals surface area contributed by atoms with Gasteiger partial charge < -0.3 is 10.1 Å². The summed E-state index contributed by atoms with van der Waals surface area (Å²) in [5.41, 5.74) is -0.345. The summed E-state index contributed by atoms with van der Waals surface area (Å²) in [7, 11) is -3.13. The number of anilines is 1. The van der Waals surface area contributed by atoms with Gasteiger partial charge in [-0.3, -0.25) is 4.98 Å². The summed E-state index contributed by atoms with van der Waals surface area (Å²) in [6.45, 7) is 3.25. The molecule has 0 saturated carbocycles. The maximum absolute atomic E-state index is 12.0. The van der Waals surface area contributed by atoms with Crippen LogP contribution in [0.5, 0.6) is 0 Å². The van der Waals surface area contributed by atoms with Crippen LogP contribution in [0, 0.1) is 0 Å². The smallest absolute Gasteiger partial charge is 0.213 e. The molecule has 8 heteroatoms. The lowest BCUT2D eigenvalue weighted by molar-refractivity contribution is 0.0173. The minimum atomic E-state index is -3.13. The Morgan fingerprint density at radius 2 is 2.38 bits per heavy atom. The van der Waals surface area contributed by atoms with Crippen molar-refractivity contribution in [2.24, 2.45) is 0 Å². The number of rotatable bonds is 4. The highest BCUT2D eigenvalue weighted by Gasteiger charge is 2.48. The second-order valence-electron chi connectivity index (χ2n) is 5.61. The Morgan fingerprint density at radius 3 is 3.10 bits per heavy atom. The Bertz CT molecular complexity index is 595. The molecule has 1 aromatic heterocycles. The fourth-order valence-corrected chi connectivity index (χ4v) is 4.20. The normalized spacial score (nSPS) is 30.0. The van der Waals surface area contributed by atoms with E-state index in [1.165, 1.54) is 0 Å². The third-order valence-corrected chi connectivity index (χ3v) is 5.99. The highest BCUT2D eigenvalue weighted by Crippen LogP contribution is 2.37. The van der Waals surface area contributed by atoms with Crippen LogP contribution in [0.25, 0.3) is 0 Å². The van der Waals surface area contributed by atoms with E-state index < -0.39 is 10.0 Å². The van der Waals surface area contributed by atoms with Crippen LogP contribution in [0.1, 0.15) is 19.8 Å². The number of aromatic nitrogens is 2. The Hall–Kier alpha value is -1.25. The molecule has 0 unspecified atom stereocenters. The van der Waals surface area contributed by atoms with Gasteiger partial charge in [0, 0.05) is 31.9 Å². The van der Waals surface area contributed by atoms with Crippen LogP contribution in [0.15, 0.2) is 18.6 Å².